The zero-order valence-electron chi connectivity index (χ0n) is 14.1. The van der Waals surface area contributed by atoms with Gasteiger partial charge in [-0.25, -0.2) is 13.2 Å². The van der Waals surface area contributed by atoms with Crippen molar-refractivity contribution in [3.8, 4) is 0 Å². The summed E-state index contributed by atoms with van der Waals surface area (Å²) in [6, 6.07) is 13.5. The van der Waals surface area contributed by atoms with E-state index in [2.05, 4.69) is 10.1 Å². The largest absolute Gasteiger partial charge is 0.453 e. The number of fused-ring (bicyclic) bond motifs is 1. The van der Waals surface area contributed by atoms with Crippen LogP contribution in [0.25, 0.3) is 0 Å². The molecule has 132 valence electrons. The van der Waals surface area contributed by atoms with E-state index in [9.17, 15) is 13.2 Å². The van der Waals surface area contributed by atoms with Crippen molar-refractivity contribution in [1.82, 2.24) is 0 Å². The Bertz CT molecular complexity index is 878. The van der Waals surface area contributed by atoms with E-state index in [4.69, 9.17) is 0 Å². The average molecular weight is 360 g/mol. The van der Waals surface area contributed by atoms with Crippen LogP contribution in [-0.2, 0) is 21.2 Å². The summed E-state index contributed by atoms with van der Waals surface area (Å²) >= 11 is 0. The van der Waals surface area contributed by atoms with Gasteiger partial charge < -0.3 is 4.74 Å². The topological polar surface area (TPSA) is 75.7 Å². The van der Waals surface area contributed by atoms with Gasteiger partial charge in [-0.3, -0.25) is 9.62 Å². The molecule has 0 bridgehead atoms. The van der Waals surface area contributed by atoms with E-state index in [0.717, 1.165) is 24.1 Å². The van der Waals surface area contributed by atoms with Gasteiger partial charge in [-0.15, -0.1) is 0 Å². The lowest BCUT2D eigenvalue weighted by Crippen LogP contribution is -2.42. The number of nitrogens with zero attached hydrogens (tertiary/aromatic N) is 1. The van der Waals surface area contributed by atoms with E-state index in [1.807, 2.05) is 31.2 Å². The summed E-state index contributed by atoms with van der Waals surface area (Å²) in [4.78, 5) is 11.4. The molecule has 1 atom stereocenters. The molecule has 6 nitrogen and oxygen atoms in total. The van der Waals surface area contributed by atoms with E-state index >= 15 is 0 Å². The molecule has 0 fully saturated rings. The molecule has 0 aromatic heterocycles. The van der Waals surface area contributed by atoms with Gasteiger partial charge in [0.25, 0.3) is 10.0 Å². The Morgan fingerprint density at radius 1 is 1.16 bits per heavy atom. The normalized spacial score (nSPS) is 16.9. The van der Waals surface area contributed by atoms with Gasteiger partial charge >= 0.3 is 6.09 Å². The van der Waals surface area contributed by atoms with E-state index in [1.165, 1.54) is 23.5 Å². The second-order valence-corrected chi connectivity index (χ2v) is 7.77. The molecule has 2 aromatic rings. The monoisotopic (exact) mass is 360 g/mol. The molecule has 0 aliphatic carbocycles. The molecular weight excluding hydrogens is 340 g/mol. The number of rotatable bonds is 3. The zero-order valence-corrected chi connectivity index (χ0v) is 14.9. The molecule has 2 aromatic carbocycles. The van der Waals surface area contributed by atoms with E-state index in [0.29, 0.717) is 5.69 Å². The molecule has 25 heavy (non-hydrogen) atoms. The Morgan fingerprint density at radius 3 is 2.52 bits per heavy atom. The van der Waals surface area contributed by atoms with Crippen molar-refractivity contribution in [2.45, 2.75) is 30.7 Å². The Hall–Kier alpha value is -2.54. The maximum absolute atomic E-state index is 13.2. The standard InChI is InChI=1S/C18H20N2O4S/c1-13-7-8-14-5-3-4-6-17(14)20(13)25(22,23)16-11-9-15(10-12-16)19-18(21)24-2/h3-6,9-13H,7-8H2,1-2H3,(H,19,21)/t13-/m1/s1. The van der Waals surface area contributed by atoms with Gasteiger partial charge in [0.1, 0.15) is 0 Å². The van der Waals surface area contributed by atoms with Crippen LogP contribution in [0.4, 0.5) is 16.2 Å². The first-order valence-corrected chi connectivity index (χ1v) is 9.45. The van der Waals surface area contributed by atoms with Crippen molar-refractivity contribution in [1.29, 1.82) is 0 Å². The molecule has 0 saturated carbocycles. The number of sulfonamides is 1. The highest BCUT2D eigenvalue weighted by Crippen LogP contribution is 2.35. The molecule has 1 N–H and O–H groups in total. The SMILES string of the molecule is COC(=O)Nc1ccc(S(=O)(=O)N2c3ccccc3CC[C@H]2C)cc1. The number of carbonyl (C=O) groups is 1. The summed E-state index contributed by atoms with van der Waals surface area (Å²) in [7, 11) is -2.42. The van der Waals surface area contributed by atoms with Gasteiger partial charge in [-0.05, 0) is 55.7 Å². The number of benzene rings is 2. The van der Waals surface area contributed by atoms with Crippen molar-refractivity contribution in [3.05, 3.63) is 54.1 Å². The van der Waals surface area contributed by atoms with Gasteiger partial charge in [0.15, 0.2) is 0 Å². The molecule has 0 radical (unpaired) electrons. The quantitative estimate of drug-likeness (QED) is 0.910. The number of hydrogen-bond donors (Lipinski definition) is 1. The lowest BCUT2D eigenvalue weighted by molar-refractivity contribution is 0.187. The highest BCUT2D eigenvalue weighted by atomic mass is 32.2. The highest BCUT2D eigenvalue weighted by Gasteiger charge is 2.33. The molecule has 0 unspecified atom stereocenters. The maximum atomic E-state index is 13.2. The Labute approximate surface area is 147 Å². The van der Waals surface area contributed by atoms with Crippen molar-refractivity contribution >= 4 is 27.5 Å². The Morgan fingerprint density at radius 2 is 1.84 bits per heavy atom. The summed E-state index contributed by atoms with van der Waals surface area (Å²) in [5, 5.41) is 2.50. The fourth-order valence-corrected chi connectivity index (χ4v) is 4.74. The Balaban J connectivity index is 1.95. The third-order valence-corrected chi connectivity index (χ3v) is 6.25. The van der Waals surface area contributed by atoms with E-state index in [1.54, 1.807) is 12.1 Å². The van der Waals surface area contributed by atoms with Gasteiger partial charge in [0.2, 0.25) is 0 Å². The summed E-state index contributed by atoms with van der Waals surface area (Å²) in [6.07, 6.45) is 1.04. The zero-order chi connectivity index (χ0) is 18.0. The maximum Gasteiger partial charge on any atom is 0.411 e. The fourth-order valence-electron chi connectivity index (χ4n) is 3.02. The van der Waals surface area contributed by atoms with Crippen LogP contribution in [-0.4, -0.2) is 27.7 Å². The lowest BCUT2D eigenvalue weighted by Gasteiger charge is -2.36. The van der Waals surface area contributed by atoms with E-state index < -0.39 is 16.1 Å². The number of anilines is 2. The fraction of sp³-hybridized carbons (Fsp3) is 0.278. The molecule has 1 aliphatic rings. The average Bonchev–Trinajstić information content (AvgIpc) is 2.61. The number of methoxy groups -OCH3 is 1. The van der Waals surface area contributed by atoms with Gasteiger partial charge in [-0.1, -0.05) is 18.2 Å². The predicted molar refractivity (Wildman–Crippen MR) is 96.4 cm³/mol. The number of aryl methyl sites for hydroxylation is 1. The summed E-state index contributed by atoms with van der Waals surface area (Å²) < 4.78 is 32.3. The van der Waals surface area contributed by atoms with Crippen LogP contribution < -0.4 is 9.62 Å². The molecular formula is C18H20N2O4S. The van der Waals surface area contributed by atoms with Gasteiger partial charge in [0.05, 0.1) is 17.7 Å². The van der Waals surface area contributed by atoms with Crippen molar-refractivity contribution < 1.29 is 17.9 Å². The molecule has 0 saturated heterocycles. The summed E-state index contributed by atoms with van der Waals surface area (Å²) in [5.41, 5.74) is 2.24. The minimum absolute atomic E-state index is 0.118. The number of nitrogens with one attached hydrogen (secondary N) is 1. The number of hydrogen-bond acceptors (Lipinski definition) is 4. The molecule has 1 amide bonds. The summed E-state index contributed by atoms with van der Waals surface area (Å²) in [5.74, 6) is 0. The highest BCUT2D eigenvalue weighted by molar-refractivity contribution is 7.92. The van der Waals surface area contributed by atoms with Crippen LogP contribution in [0, 0.1) is 0 Å². The number of ether oxygens (including phenoxy) is 1. The van der Waals surface area contributed by atoms with Gasteiger partial charge in [-0.2, -0.15) is 0 Å². The minimum Gasteiger partial charge on any atom is -0.453 e. The third-order valence-electron chi connectivity index (χ3n) is 4.30. The van der Waals surface area contributed by atoms with Crippen molar-refractivity contribution in [3.63, 3.8) is 0 Å². The van der Waals surface area contributed by atoms with Crippen LogP contribution in [0.2, 0.25) is 0 Å². The molecule has 1 heterocycles. The molecule has 1 aliphatic heterocycles. The molecule has 7 heteroatoms. The van der Waals surface area contributed by atoms with Crippen LogP contribution >= 0.6 is 0 Å². The van der Waals surface area contributed by atoms with Crippen LogP contribution in [0.1, 0.15) is 18.9 Å². The van der Waals surface area contributed by atoms with Crippen LogP contribution in [0.5, 0.6) is 0 Å². The molecule has 3 rings (SSSR count). The lowest BCUT2D eigenvalue weighted by atomic mass is 9.99. The number of para-hydroxylation sites is 1. The third kappa shape index (κ3) is 3.32. The van der Waals surface area contributed by atoms with Crippen LogP contribution in [0.15, 0.2) is 53.4 Å². The Kier molecular flexibility index (Phi) is 4.67. The van der Waals surface area contributed by atoms with Crippen LogP contribution in [0.3, 0.4) is 0 Å². The second kappa shape index (κ2) is 6.76. The number of carbonyl (C=O) groups excluding carboxylic acids is 1. The van der Waals surface area contributed by atoms with E-state index in [-0.39, 0.29) is 10.9 Å². The van der Waals surface area contributed by atoms with Gasteiger partial charge in [0, 0.05) is 11.7 Å². The minimum atomic E-state index is -3.69. The first-order valence-electron chi connectivity index (χ1n) is 8.01. The van der Waals surface area contributed by atoms with Crippen molar-refractivity contribution in [2.75, 3.05) is 16.7 Å². The smallest absolute Gasteiger partial charge is 0.411 e. The first kappa shape index (κ1) is 17.3. The number of amides is 1. The molecule has 0 spiro atoms. The first-order chi connectivity index (χ1) is 11.9. The summed E-state index contributed by atoms with van der Waals surface area (Å²) in [6.45, 7) is 1.92. The predicted octanol–water partition coefficient (Wildman–Crippen LogP) is 3.39. The second-order valence-electron chi connectivity index (χ2n) is 5.96. The van der Waals surface area contributed by atoms with Crippen molar-refractivity contribution in [2.24, 2.45) is 0 Å².